The first-order valence-corrected chi connectivity index (χ1v) is 7.35. The molecular formula is C15H29N3. The van der Waals surface area contributed by atoms with Crippen LogP contribution in [0.15, 0.2) is 0 Å². The predicted molar refractivity (Wildman–Crippen MR) is 76.3 cm³/mol. The van der Waals surface area contributed by atoms with E-state index in [4.69, 9.17) is 0 Å². The zero-order valence-electron chi connectivity index (χ0n) is 12.7. The van der Waals surface area contributed by atoms with Crippen LogP contribution in [0.5, 0.6) is 0 Å². The van der Waals surface area contributed by atoms with Gasteiger partial charge in [-0.3, -0.25) is 10.2 Å². The van der Waals surface area contributed by atoms with Gasteiger partial charge in [-0.25, -0.2) is 0 Å². The maximum Gasteiger partial charge on any atom is 0.105 e. The van der Waals surface area contributed by atoms with Gasteiger partial charge in [-0.2, -0.15) is 5.26 Å². The molecule has 1 aliphatic rings. The molecule has 0 bridgehead atoms. The van der Waals surface area contributed by atoms with E-state index in [1.54, 1.807) is 0 Å². The Bertz CT molecular complexity index is 295. The highest BCUT2D eigenvalue weighted by Gasteiger charge is 2.34. The summed E-state index contributed by atoms with van der Waals surface area (Å²) >= 11 is 0. The van der Waals surface area contributed by atoms with Gasteiger partial charge in [-0.1, -0.05) is 20.8 Å². The Morgan fingerprint density at radius 1 is 1.44 bits per heavy atom. The van der Waals surface area contributed by atoms with Crippen molar-refractivity contribution in [2.45, 2.75) is 71.5 Å². The minimum atomic E-state index is -0.391. The number of hydrogen-bond donors (Lipinski definition) is 1. The summed E-state index contributed by atoms with van der Waals surface area (Å²) < 4.78 is 0. The monoisotopic (exact) mass is 251 g/mol. The van der Waals surface area contributed by atoms with Crippen LogP contribution in [0.25, 0.3) is 0 Å². The Kier molecular flexibility index (Phi) is 5.62. The molecule has 1 N–H and O–H groups in total. The largest absolute Gasteiger partial charge is 0.300 e. The average molecular weight is 251 g/mol. The van der Waals surface area contributed by atoms with E-state index >= 15 is 0 Å². The fourth-order valence-corrected chi connectivity index (χ4v) is 3.33. The average Bonchev–Trinajstić information content (AvgIpc) is 2.78. The first-order valence-electron chi connectivity index (χ1n) is 7.35. The lowest BCUT2D eigenvalue weighted by molar-refractivity contribution is 0.134. The van der Waals surface area contributed by atoms with E-state index in [2.05, 4.69) is 44.0 Å². The van der Waals surface area contributed by atoms with Gasteiger partial charge < -0.3 is 0 Å². The number of nitrogens with one attached hydrogen (secondary N) is 1. The summed E-state index contributed by atoms with van der Waals surface area (Å²) in [6, 6.07) is 3.61. The molecule has 0 spiro atoms. The van der Waals surface area contributed by atoms with Crippen molar-refractivity contribution in [1.82, 2.24) is 10.2 Å². The molecule has 0 radical (unpaired) electrons. The van der Waals surface area contributed by atoms with Gasteiger partial charge in [0.15, 0.2) is 0 Å². The second-order valence-corrected chi connectivity index (χ2v) is 6.22. The second kappa shape index (κ2) is 6.54. The Balaban J connectivity index is 2.64. The first-order chi connectivity index (χ1) is 8.43. The van der Waals surface area contributed by atoms with Gasteiger partial charge in [-0.05, 0) is 52.1 Å². The summed E-state index contributed by atoms with van der Waals surface area (Å²) in [7, 11) is 0. The van der Waals surface area contributed by atoms with E-state index in [1.807, 2.05) is 6.92 Å². The van der Waals surface area contributed by atoms with Crippen LogP contribution in [0.1, 0.15) is 53.9 Å². The molecular weight excluding hydrogens is 222 g/mol. The van der Waals surface area contributed by atoms with E-state index < -0.39 is 5.54 Å². The standard InChI is InChI=1S/C15H29N3/c1-6-17-15(5,11-16)10-13(4)18-9-7-8-14(18)12(2)3/h12-14,17H,6-10H2,1-5H3. The molecule has 0 amide bonds. The van der Waals surface area contributed by atoms with Gasteiger partial charge in [-0.15, -0.1) is 0 Å². The van der Waals surface area contributed by atoms with Crippen LogP contribution in [0.4, 0.5) is 0 Å². The number of nitriles is 1. The number of likely N-dealkylation sites (tertiary alicyclic amines) is 1. The number of rotatable bonds is 6. The third-order valence-corrected chi connectivity index (χ3v) is 4.20. The second-order valence-electron chi connectivity index (χ2n) is 6.22. The first kappa shape index (κ1) is 15.5. The maximum atomic E-state index is 9.35. The van der Waals surface area contributed by atoms with Crippen molar-refractivity contribution in [2.24, 2.45) is 5.92 Å². The van der Waals surface area contributed by atoms with Crippen LogP contribution in [0.3, 0.4) is 0 Å². The van der Waals surface area contributed by atoms with Crippen molar-refractivity contribution in [3.05, 3.63) is 0 Å². The summed E-state index contributed by atoms with van der Waals surface area (Å²) in [5, 5.41) is 12.7. The molecule has 3 unspecified atom stereocenters. The Morgan fingerprint density at radius 3 is 2.61 bits per heavy atom. The Hall–Kier alpha value is -0.590. The van der Waals surface area contributed by atoms with Crippen LogP contribution in [-0.4, -0.2) is 35.6 Å². The summed E-state index contributed by atoms with van der Waals surface area (Å²) in [6.45, 7) is 13.0. The van der Waals surface area contributed by atoms with Gasteiger partial charge in [0.25, 0.3) is 0 Å². The molecule has 104 valence electrons. The predicted octanol–water partition coefficient (Wildman–Crippen LogP) is 2.78. The van der Waals surface area contributed by atoms with Crippen molar-refractivity contribution in [3.8, 4) is 6.07 Å². The van der Waals surface area contributed by atoms with Crippen molar-refractivity contribution in [3.63, 3.8) is 0 Å². The van der Waals surface area contributed by atoms with Crippen LogP contribution < -0.4 is 5.32 Å². The number of hydrogen-bond acceptors (Lipinski definition) is 3. The van der Waals surface area contributed by atoms with E-state index in [9.17, 15) is 5.26 Å². The van der Waals surface area contributed by atoms with Gasteiger partial charge in [0.05, 0.1) is 6.07 Å². The van der Waals surface area contributed by atoms with Crippen LogP contribution in [-0.2, 0) is 0 Å². The lowest BCUT2D eigenvalue weighted by atomic mass is 9.92. The highest BCUT2D eigenvalue weighted by molar-refractivity contribution is 5.06. The SMILES string of the molecule is CCNC(C)(C#N)CC(C)N1CCCC1C(C)C. The third kappa shape index (κ3) is 3.70. The molecule has 3 atom stereocenters. The van der Waals surface area contributed by atoms with Gasteiger partial charge in [0.1, 0.15) is 5.54 Å². The summed E-state index contributed by atoms with van der Waals surface area (Å²) in [4.78, 5) is 2.61. The quantitative estimate of drug-likeness (QED) is 0.789. The van der Waals surface area contributed by atoms with Crippen molar-refractivity contribution < 1.29 is 0 Å². The third-order valence-electron chi connectivity index (χ3n) is 4.20. The van der Waals surface area contributed by atoms with E-state index in [0.717, 1.165) is 13.0 Å². The minimum Gasteiger partial charge on any atom is -0.300 e. The molecule has 0 aliphatic carbocycles. The lowest BCUT2D eigenvalue weighted by Gasteiger charge is -2.36. The molecule has 1 rings (SSSR count). The fourth-order valence-electron chi connectivity index (χ4n) is 3.33. The molecule has 1 saturated heterocycles. The molecule has 0 aromatic heterocycles. The van der Waals surface area contributed by atoms with Gasteiger partial charge in [0.2, 0.25) is 0 Å². The van der Waals surface area contributed by atoms with Crippen LogP contribution in [0.2, 0.25) is 0 Å². The topological polar surface area (TPSA) is 39.1 Å². The van der Waals surface area contributed by atoms with Crippen molar-refractivity contribution >= 4 is 0 Å². The normalized spacial score (nSPS) is 25.9. The smallest absolute Gasteiger partial charge is 0.105 e. The van der Waals surface area contributed by atoms with E-state index in [-0.39, 0.29) is 0 Å². The van der Waals surface area contributed by atoms with Crippen LogP contribution in [0, 0.1) is 17.2 Å². The molecule has 3 heteroatoms. The molecule has 3 nitrogen and oxygen atoms in total. The highest BCUT2D eigenvalue weighted by Crippen LogP contribution is 2.28. The Morgan fingerprint density at radius 2 is 2.11 bits per heavy atom. The molecule has 0 aromatic rings. The van der Waals surface area contributed by atoms with Crippen LogP contribution >= 0.6 is 0 Å². The highest BCUT2D eigenvalue weighted by atomic mass is 15.2. The van der Waals surface area contributed by atoms with E-state index in [0.29, 0.717) is 18.0 Å². The molecule has 1 heterocycles. The maximum absolute atomic E-state index is 9.35. The van der Waals surface area contributed by atoms with Gasteiger partial charge >= 0.3 is 0 Å². The molecule has 0 aromatic carbocycles. The molecule has 1 fully saturated rings. The zero-order valence-corrected chi connectivity index (χ0v) is 12.7. The zero-order chi connectivity index (χ0) is 13.8. The summed E-state index contributed by atoms with van der Waals surface area (Å²) in [5.41, 5.74) is -0.391. The Labute approximate surface area is 113 Å². The van der Waals surface area contributed by atoms with Crippen molar-refractivity contribution in [2.75, 3.05) is 13.1 Å². The fraction of sp³-hybridized carbons (Fsp3) is 0.933. The number of nitrogens with zero attached hydrogens (tertiary/aromatic N) is 2. The lowest BCUT2D eigenvalue weighted by Crippen LogP contribution is -2.49. The molecule has 0 saturated carbocycles. The minimum absolute atomic E-state index is 0.391. The van der Waals surface area contributed by atoms with Crippen molar-refractivity contribution in [1.29, 1.82) is 5.26 Å². The van der Waals surface area contributed by atoms with Gasteiger partial charge in [0, 0.05) is 12.1 Å². The molecule has 1 aliphatic heterocycles. The summed E-state index contributed by atoms with van der Waals surface area (Å²) in [6.07, 6.45) is 3.52. The molecule has 18 heavy (non-hydrogen) atoms. The summed E-state index contributed by atoms with van der Waals surface area (Å²) in [5.74, 6) is 0.711. The van der Waals surface area contributed by atoms with E-state index in [1.165, 1.54) is 19.4 Å².